The topological polar surface area (TPSA) is 87.9 Å². The Labute approximate surface area is 169 Å². The first-order chi connectivity index (χ1) is 14.1. The third kappa shape index (κ3) is 4.83. The van der Waals surface area contributed by atoms with Gasteiger partial charge in [-0.15, -0.1) is 0 Å². The SMILES string of the molecule is Cc1cc(NC(=O)CN2CCN(C(=O)C=Cc3ccc4c(c3)CCO4)CC2)no1. The molecule has 2 aliphatic heterocycles. The van der Waals surface area contributed by atoms with Crippen molar-refractivity contribution < 1.29 is 18.8 Å². The average Bonchev–Trinajstić information content (AvgIpc) is 3.34. The maximum Gasteiger partial charge on any atom is 0.246 e. The Morgan fingerprint density at radius 1 is 1.21 bits per heavy atom. The first-order valence-electron chi connectivity index (χ1n) is 9.75. The minimum absolute atomic E-state index is 0.0103. The Bertz CT molecular complexity index is 929. The summed E-state index contributed by atoms with van der Waals surface area (Å²) in [5, 5.41) is 6.47. The summed E-state index contributed by atoms with van der Waals surface area (Å²) in [4.78, 5) is 28.4. The molecule has 2 aromatic rings. The lowest BCUT2D eigenvalue weighted by Gasteiger charge is -2.33. The molecule has 8 heteroatoms. The number of hydrogen-bond acceptors (Lipinski definition) is 6. The van der Waals surface area contributed by atoms with Crippen LogP contribution in [0.1, 0.15) is 16.9 Å². The summed E-state index contributed by atoms with van der Waals surface area (Å²) in [6, 6.07) is 7.66. The number of aryl methyl sites for hydroxylation is 1. The molecule has 1 saturated heterocycles. The number of ether oxygens (including phenoxy) is 1. The van der Waals surface area contributed by atoms with Gasteiger partial charge in [-0.2, -0.15) is 0 Å². The van der Waals surface area contributed by atoms with Crippen molar-refractivity contribution in [2.45, 2.75) is 13.3 Å². The Hall–Kier alpha value is -3.13. The fourth-order valence-corrected chi connectivity index (χ4v) is 3.52. The van der Waals surface area contributed by atoms with Crippen LogP contribution in [0.4, 0.5) is 5.82 Å². The number of aromatic nitrogens is 1. The Balaban J connectivity index is 1.23. The van der Waals surface area contributed by atoms with E-state index in [0.29, 0.717) is 37.8 Å². The van der Waals surface area contributed by atoms with Crippen molar-refractivity contribution in [3.63, 3.8) is 0 Å². The van der Waals surface area contributed by atoms with Gasteiger partial charge in [0.05, 0.1) is 13.2 Å². The number of nitrogens with one attached hydrogen (secondary N) is 1. The van der Waals surface area contributed by atoms with Crippen molar-refractivity contribution in [1.29, 1.82) is 0 Å². The standard InChI is InChI=1S/C21H24N4O4/c1-15-12-19(23-29-15)22-20(26)14-24-7-9-25(10-8-24)21(27)5-3-16-2-4-18-17(13-16)6-11-28-18/h2-5,12-13H,6-11,14H2,1H3,(H,22,23,26). The zero-order chi connectivity index (χ0) is 20.2. The number of fused-ring (bicyclic) bond motifs is 1. The first kappa shape index (κ1) is 19.2. The molecule has 0 bridgehead atoms. The molecule has 3 heterocycles. The fraction of sp³-hybridized carbons (Fsp3) is 0.381. The number of carbonyl (C=O) groups excluding carboxylic acids is 2. The molecule has 152 valence electrons. The van der Waals surface area contributed by atoms with Gasteiger partial charge >= 0.3 is 0 Å². The molecule has 0 radical (unpaired) electrons. The monoisotopic (exact) mass is 396 g/mol. The highest BCUT2D eigenvalue weighted by molar-refractivity contribution is 5.92. The largest absolute Gasteiger partial charge is 0.493 e. The van der Waals surface area contributed by atoms with Crippen molar-refractivity contribution in [2.75, 3.05) is 44.6 Å². The first-order valence-corrected chi connectivity index (χ1v) is 9.75. The van der Waals surface area contributed by atoms with Gasteiger partial charge in [-0.05, 0) is 36.3 Å². The number of hydrogen-bond donors (Lipinski definition) is 1. The molecule has 0 atom stereocenters. The molecule has 1 N–H and O–H groups in total. The zero-order valence-corrected chi connectivity index (χ0v) is 16.4. The predicted octanol–water partition coefficient (Wildman–Crippen LogP) is 1.71. The van der Waals surface area contributed by atoms with E-state index in [1.807, 2.05) is 28.0 Å². The Morgan fingerprint density at radius 2 is 2.03 bits per heavy atom. The van der Waals surface area contributed by atoms with Crippen LogP contribution in [0.3, 0.4) is 0 Å². The molecule has 2 aliphatic rings. The van der Waals surface area contributed by atoms with Gasteiger partial charge in [0.1, 0.15) is 11.5 Å². The fourth-order valence-electron chi connectivity index (χ4n) is 3.52. The van der Waals surface area contributed by atoms with Gasteiger partial charge in [-0.1, -0.05) is 11.2 Å². The molecule has 1 aromatic heterocycles. The van der Waals surface area contributed by atoms with Gasteiger partial charge in [0.15, 0.2) is 5.82 Å². The molecule has 1 aromatic carbocycles. The number of amides is 2. The second-order valence-electron chi connectivity index (χ2n) is 7.27. The van der Waals surface area contributed by atoms with Crippen LogP contribution in [0.15, 0.2) is 34.9 Å². The lowest BCUT2D eigenvalue weighted by molar-refractivity contribution is -0.127. The molecular weight excluding hydrogens is 372 g/mol. The molecule has 0 saturated carbocycles. The van der Waals surface area contributed by atoms with Crippen LogP contribution in [0.5, 0.6) is 5.75 Å². The van der Waals surface area contributed by atoms with Crippen LogP contribution < -0.4 is 10.1 Å². The smallest absolute Gasteiger partial charge is 0.246 e. The molecule has 1 fully saturated rings. The number of rotatable bonds is 5. The summed E-state index contributed by atoms with van der Waals surface area (Å²) in [7, 11) is 0. The number of anilines is 1. The third-order valence-electron chi connectivity index (χ3n) is 5.08. The van der Waals surface area contributed by atoms with Gasteiger partial charge in [-0.25, -0.2) is 0 Å². The van der Waals surface area contributed by atoms with E-state index in [9.17, 15) is 9.59 Å². The summed E-state index contributed by atoms with van der Waals surface area (Å²) in [5.41, 5.74) is 2.19. The molecule has 0 unspecified atom stereocenters. The van der Waals surface area contributed by atoms with Crippen molar-refractivity contribution in [1.82, 2.24) is 15.0 Å². The Kier molecular flexibility index (Phi) is 5.62. The normalized spacial score (nSPS) is 16.7. The number of benzene rings is 1. The molecular formula is C21H24N4O4. The van der Waals surface area contributed by atoms with E-state index in [2.05, 4.69) is 16.5 Å². The lowest BCUT2D eigenvalue weighted by Crippen LogP contribution is -2.50. The molecule has 0 spiro atoms. The van der Waals surface area contributed by atoms with Crippen molar-refractivity contribution in [3.05, 3.63) is 47.2 Å². The molecule has 2 amide bonds. The van der Waals surface area contributed by atoms with Crippen LogP contribution in [0.2, 0.25) is 0 Å². The van der Waals surface area contributed by atoms with E-state index < -0.39 is 0 Å². The minimum atomic E-state index is -0.140. The maximum atomic E-state index is 12.5. The van der Waals surface area contributed by atoms with Crippen molar-refractivity contribution in [3.8, 4) is 5.75 Å². The van der Waals surface area contributed by atoms with E-state index in [1.165, 1.54) is 5.56 Å². The van der Waals surface area contributed by atoms with Gasteiger partial charge in [0.25, 0.3) is 0 Å². The highest BCUT2D eigenvalue weighted by atomic mass is 16.5. The van der Waals surface area contributed by atoms with E-state index in [4.69, 9.17) is 9.26 Å². The van der Waals surface area contributed by atoms with E-state index in [1.54, 1.807) is 19.1 Å². The lowest BCUT2D eigenvalue weighted by atomic mass is 10.1. The Morgan fingerprint density at radius 3 is 2.79 bits per heavy atom. The summed E-state index contributed by atoms with van der Waals surface area (Å²) >= 11 is 0. The van der Waals surface area contributed by atoms with Gasteiger partial charge in [0, 0.05) is 44.7 Å². The molecule has 8 nitrogen and oxygen atoms in total. The second-order valence-corrected chi connectivity index (χ2v) is 7.27. The van der Waals surface area contributed by atoms with Crippen molar-refractivity contribution in [2.24, 2.45) is 0 Å². The maximum absolute atomic E-state index is 12.5. The molecule has 4 rings (SSSR count). The summed E-state index contributed by atoms with van der Waals surface area (Å²) in [6.07, 6.45) is 4.38. The van der Waals surface area contributed by atoms with Gasteiger partial charge in [-0.3, -0.25) is 14.5 Å². The number of carbonyl (C=O) groups is 2. The number of piperazine rings is 1. The van der Waals surface area contributed by atoms with E-state index in [-0.39, 0.29) is 18.4 Å². The van der Waals surface area contributed by atoms with E-state index in [0.717, 1.165) is 24.3 Å². The molecule has 0 aliphatic carbocycles. The van der Waals surface area contributed by atoms with Crippen LogP contribution in [0.25, 0.3) is 6.08 Å². The van der Waals surface area contributed by atoms with E-state index >= 15 is 0 Å². The summed E-state index contributed by atoms with van der Waals surface area (Å²) < 4.78 is 10.4. The minimum Gasteiger partial charge on any atom is -0.493 e. The van der Waals surface area contributed by atoms with Crippen LogP contribution in [-0.2, 0) is 16.0 Å². The predicted molar refractivity (Wildman–Crippen MR) is 108 cm³/mol. The van der Waals surface area contributed by atoms with Gasteiger partial charge in [0.2, 0.25) is 11.8 Å². The van der Waals surface area contributed by atoms with Crippen molar-refractivity contribution >= 4 is 23.7 Å². The average molecular weight is 396 g/mol. The second kappa shape index (κ2) is 8.48. The summed E-state index contributed by atoms with van der Waals surface area (Å²) in [5.74, 6) is 1.85. The third-order valence-corrected chi connectivity index (χ3v) is 5.08. The quantitative estimate of drug-likeness (QED) is 0.775. The van der Waals surface area contributed by atoms with Crippen LogP contribution in [-0.4, -0.2) is 66.1 Å². The molecule has 29 heavy (non-hydrogen) atoms. The summed E-state index contributed by atoms with van der Waals surface area (Å²) in [6.45, 7) is 5.26. The highest BCUT2D eigenvalue weighted by Gasteiger charge is 2.21. The van der Waals surface area contributed by atoms with Crippen LogP contribution >= 0.6 is 0 Å². The van der Waals surface area contributed by atoms with Crippen LogP contribution in [0, 0.1) is 6.92 Å². The zero-order valence-electron chi connectivity index (χ0n) is 16.4. The number of nitrogens with zero attached hydrogens (tertiary/aromatic N) is 3. The highest BCUT2D eigenvalue weighted by Crippen LogP contribution is 2.26. The van der Waals surface area contributed by atoms with Gasteiger partial charge < -0.3 is 19.5 Å².